The van der Waals surface area contributed by atoms with Crippen LogP contribution in [0.2, 0.25) is 0 Å². The molecular weight excluding hydrogens is 344 g/mol. The molecule has 2 aromatic carbocycles. The van der Waals surface area contributed by atoms with Crippen molar-refractivity contribution in [3.05, 3.63) is 47.0 Å². The molecular formula is C21H24N2O4. The first-order valence-electron chi connectivity index (χ1n) is 8.74. The van der Waals surface area contributed by atoms with Crippen molar-refractivity contribution in [2.24, 2.45) is 0 Å². The van der Waals surface area contributed by atoms with Crippen LogP contribution in [0.4, 0.5) is 11.4 Å². The SMILES string of the molecule is CCC(=Cc1cc(OC)c2c(c1)OCO2)C(=O)c1ccc(N(C)C)c(N)c1. The highest BCUT2D eigenvalue weighted by atomic mass is 16.7. The minimum atomic E-state index is -0.0499. The van der Waals surface area contributed by atoms with E-state index in [1.807, 2.05) is 50.2 Å². The molecule has 0 aromatic heterocycles. The van der Waals surface area contributed by atoms with Gasteiger partial charge in [0.2, 0.25) is 12.5 Å². The number of nitrogens with zero attached hydrogens (tertiary/aromatic N) is 1. The van der Waals surface area contributed by atoms with Gasteiger partial charge >= 0.3 is 0 Å². The molecule has 1 aliphatic rings. The molecule has 3 rings (SSSR count). The van der Waals surface area contributed by atoms with E-state index in [2.05, 4.69) is 0 Å². The van der Waals surface area contributed by atoms with Crippen LogP contribution in [0.25, 0.3) is 6.08 Å². The van der Waals surface area contributed by atoms with Crippen LogP contribution in [0.1, 0.15) is 29.3 Å². The average molecular weight is 368 g/mol. The number of anilines is 2. The third-order valence-corrected chi connectivity index (χ3v) is 4.47. The highest BCUT2D eigenvalue weighted by Gasteiger charge is 2.20. The number of hydrogen-bond donors (Lipinski definition) is 1. The Kier molecular flexibility index (Phi) is 5.26. The van der Waals surface area contributed by atoms with Crippen molar-refractivity contribution in [3.8, 4) is 17.2 Å². The number of benzene rings is 2. The number of Topliss-reactive ketones (excluding diaryl/α,β-unsaturated/α-hetero) is 1. The van der Waals surface area contributed by atoms with Crippen LogP contribution in [0.3, 0.4) is 0 Å². The van der Waals surface area contributed by atoms with Gasteiger partial charge in [0.15, 0.2) is 17.3 Å². The Bertz CT molecular complexity index is 903. The van der Waals surface area contributed by atoms with E-state index in [-0.39, 0.29) is 12.6 Å². The quantitative estimate of drug-likeness (QED) is 0.476. The first-order valence-corrected chi connectivity index (χ1v) is 8.74. The second-order valence-corrected chi connectivity index (χ2v) is 6.48. The third-order valence-electron chi connectivity index (χ3n) is 4.47. The minimum absolute atomic E-state index is 0.0499. The fourth-order valence-corrected chi connectivity index (χ4v) is 3.05. The standard InChI is InChI=1S/C21H24N2O4/c1-5-14(20(24)15-6-7-17(23(2)3)16(22)11-15)8-13-9-18(25-4)21-19(10-13)26-12-27-21/h6-11H,5,12,22H2,1-4H3. The zero-order chi connectivity index (χ0) is 19.6. The molecule has 0 atom stereocenters. The highest BCUT2D eigenvalue weighted by Crippen LogP contribution is 2.42. The lowest BCUT2D eigenvalue weighted by molar-refractivity contribution is 0.103. The number of nitrogens with two attached hydrogens (primary N) is 1. The fraction of sp³-hybridized carbons (Fsp3) is 0.286. The molecule has 2 aromatic rings. The number of carbonyl (C=O) groups excluding carboxylic acids is 1. The van der Waals surface area contributed by atoms with E-state index >= 15 is 0 Å². The van der Waals surface area contributed by atoms with Gasteiger partial charge in [-0.3, -0.25) is 4.79 Å². The summed E-state index contributed by atoms with van der Waals surface area (Å²) < 4.78 is 16.2. The predicted molar refractivity (Wildman–Crippen MR) is 107 cm³/mol. The number of methoxy groups -OCH3 is 1. The highest BCUT2D eigenvalue weighted by molar-refractivity contribution is 6.12. The van der Waals surface area contributed by atoms with Crippen LogP contribution in [0.15, 0.2) is 35.9 Å². The van der Waals surface area contributed by atoms with Crippen molar-refractivity contribution in [2.75, 3.05) is 38.6 Å². The van der Waals surface area contributed by atoms with Crippen LogP contribution in [0.5, 0.6) is 17.2 Å². The molecule has 6 heteroatoms. The predicted octanol–water partition coefficient (Wildman–Crippen LogP) is 3.75. The minimum Gasteiger partial charge on any atom is -0.493 e. The van der Waals surface area contributed by atoms with Gasteiger partial charge in [-0.15, -0.1) is 0 Å². The van der Waals surface area contributed by atoms with Crippen LogP contribution in [-0.4, -0.2) is 33.8 Å². The fourth-order valence-electron chi connectivity index (χ4n) is 3.05. The lowest BCUT2D eigenvalue weighted by atomic mass is 9.98. The third kappa shape index (κ3) is 3.69. The monoisotopic (exact) mass is 368 g/mol. The van der Waals surface area contributed by atoms with Crippen molar-refractivity contribution in [1.29, 1.82) is 0 Å². The summed E-state index contributed by atoms with van der Waals surface area (Å²) in [5.41, 5.74) is 9.61. The molecule has 0 amide bonds. The number of ether oxygens (including phenoxy) is 3. The molecule has 2 N–H and O–H groups in total. The largest absolute Gasteiger partial charge is 0.493 e. The molecule has 142 valence electrons. The summed E-state index contributed by atoms with van der Waals surface area (Å²) in [6.07, 6.45) is 2.44. The topological polar surface area (TPSA) is 74.0 Å². The van der Waals surface area contributed by atoms with Crippen molar-refractivity contribution in [3.63, 3.8) is 0 Å². The summed E-state index contributed by atoms with van der Waals surface area (Å²) in [6, 6.07) is 9.07. The molecule has 27 heavy (non-hydrogen) atoms. The Labute approximate surface area is 159 Å². The number of carbonyl (C=O) groups is 1. The van der Waals surface area contributed by atoms with E-state index < -0.39 is 0 Å². The molecule has 0 aliphatic carbocycles. The number of rotatable bonds is 6. The molecule has 0 saturated heterocycles. The van der Waals surface area contributed by atoms with Gasteiger partial charge in [0.1, 0.15) is 0 Å². The van der Waals surface area contributed by atoms with Crippen molar-refractivity contribution < 1.29 is 19.0 Å². The van der Waals surface area contributed by atoms with E-state index in [1.54, 1.807) is 19.2 Å². The molecule has 0 saturated carbocycles. The zero-order valence-corrected chi connectivity index (χ0v) is 16.0. The molecule has 0 radical (unpaired) electrons. The van der Waals surface area contributed by atoms with Crippen molar-refractivity contribution in [2.45, 2.75) is 13.3 Å². The first kappa shape index (κ1) is 18.6. The Balaban J connectivity index is 1.95. The van der Waals surface area contributed by atoms with Crippen LogP contribution in [-0.2, 0) is 0 Å². The normalized spacial score (nSPS) is 12.8. The molecule has 1 heterocycles. The maximum atomic E-state index is 13.0. The van der Waals surface area contributed by atoms with E-state index in [9.17, 15) is 4.79 Å². The maximum absolute atomic E-state index is 13.0. The number of ketones is 1. The number of hydrogen-bond acceptors (Lipinski definition) is 6. The van der Waals surface area contributed by atoms with E-state index in [1.165, 1.54) is 0 Å². The lowest BCUT2D eigenvalue weighted by Gasteiger charge is -2.16. The summed E-state index contributed by atoms with van der Waals surface area (Å²) in [7, 11) is 5.40. The molecule has 0 fully saturated rings. The summed E-state index contributed by atoms with van der Waals surface area (Å²) in [5.74, 6) is 1.74. The van der Waals surface area contributed by atoms with Gasteiger partial charge in [-0.05, 0) is 48.4 Å². The number of fused-ring (bicyclic) bond motifs is 1. The molecule has 0 unspecified atom stereocenters. The van der Waals surface area contributed by atoms with Crippen LogP contribution >= 0.6 is 0 Å². The van der Waals surface area contributed by atoms with Gasteiger partial charge in [0.05, 0.1) is 18.5 Å². The summed E-state index contributed by atoms with van der Waals surface area (Å²) in [4.78, 5) is 14.9. The van der Waals surface area contributed by atoms with E-state index in [0.717, 1.165) is 11.3 Å². The smallest absolute Gasteiger partial charge is 0.231 e. The van der Waals surface area contributed by atoms with Crippen LogP contribution < -0.4 is 24.8 Å². The second kappa shape index (κ2) is 7.61. The van der Waals surface area contributed by atoms with Gasteiger partial charge in [0, 0.05) is 25.2 Å². The zero-order valence-electron chi connectivity index (χ0n) is 16.0. The van der Waals surface area contributed by atoms with Gasteiger partial charge in [-0.1, -0.05) is 6.92 Å². The number of nitrogen functional groups attached to an aromatic ring is 1. The Hall–Kier alpha value is -3.15. The summed E-state index contributed by atoms with van der Waals surface area (Å²) in [5, 5.41) is 0. The Morgan fingerprint density at radius 2 is 2.04 bits per heavy atom. The number of allylic oxidation sites excluding steroid dienone is 1. The van der Waals surface area contributed by atoms with Gasteiger partial charge < -0.3 is 24.8 Å². The van der Waals surface area contributed by atoms with E-state index in [4.69, 9.17) is 19.9 Å². The van der Waals surface area contributed by atoms with Gasteiger partial charge in [-0.25, -0.2) is 0 Å². The van der Waals surface area contributed by atoms with Gasteiger partial charge in [-0.2, -0.15) is 0 Å². The van der Waals surface area contributed by atoms with Crippen molar-refractivity contribution >= 4 is 23.2 Å². The van der Waals surface area contributed by atoms with Gasteiger partial charge in [0.25, 0.3) is 0 Å². The van der Waals surface area contributed by atoms with Crippen LogP contribution in [0, 0.1) is 0 Å². The summed E-state index contributed by atoms with van der Waals surface area (Å²) >= 11 is 0. The Morgan fingerprint density at radius 1 is 1.26 bits per heavy atom. The summed E-state index contributed by atoms with van der Waals surface area (Å²) in [6.45, 7) is 2.11. The average Bonchev–Trinajstić information content (AvgIpc) is 3.13. The molecule has 6 nitrogen and oxygen atoms in total. The molecule has 0 spiro atoms. The Morgan fingerprint density at radius 3 is 2.67 bits per heavy atom. The first-order chi connectivity index (χ1) is 12.9. The second-order valence-electron chi connectivity index (χ2n) is 6.48. The van der Waals surface area contributed by atoms with E-state index in [0.29, 0.717) is 40.5 Å². The molecule has 0 bridgehead atoms. The van der Waals surface area contributed by atoms with Crippen molar-refractivity contribution in [1.82, 2.24) is 0 Å². The lowest BCUT2D eigenvalue weighted by Crippen LogP contribution is -2.12. The maximum Gasteiger partial charge on any atom is 0.231 e. The molecule has 1 aliphatic heterocycles.